The van der Waals surface area contributed by atoms with Crippen LogP contribution in [0.4, 0.5) is 10.1 Å². The Bertz CT molecular complexity index is 629. The van der Waals surface area contributed by atoms with E-state index in [1.54, 1.807) is 36.9 Å². The van der Waals surface area contributed by atoms with Gasteiger partial charge >= 0.3 is 0 Å². The lowest BCUT2D eigenvalue weighted by Crippen LogP contribution is -2.22. The number of rotatable bonds is 4. The molecule has 0 unspecified atom stereocenters. The molecule has 1 atom stereocenters. The van der Waals surface area contributed by atoms with Gasteiger partial charge in [0.1, 0.15) is 12.1 Å². The highest BCUT2D eigenvalue weighted by Gasteiger charge is 2.17. The highest BCUT2D eigenvalue weighted by molar-refractivity contribution is 8.00. The van der Waals surface area contributed by atoms with Gasteiger partial charge in [0.15, 0.2) is 5.16 Å². The molecule has 0 aliphatic rings. The monoisotopic (exact) mass is 294 g/mol. The van der Waals surface area contributed by atoms with E-state index in [-0.39, 0.29) is 17.0 Å². The molecule has 0 saturated carbocycles. The summed E-state index contributed by atoms with van der Waals surface area (Å²) >= 11 is 1.30. The minimum Gasteiger partial charge on any atom is -0.325 e. The van der Waals surface area contributed by atoms with Gasteiger partial charge < -0.3 is 9.88 Å². The maximum atomic E-state index is 13.4. The van der Waals surface area contributed by atoms with Crippen molar-refractivity contribution in [3.63, 3.8) is 0 Å². The maximum Gasteiger partial charge on any atom is 0.237 e. The molecule has 2 rings (SSSR count). The van der Waals surface area contributed by atoms with E-state index in [0.29, 0.717) is 16.4 Å². The number of hydrogen-bond donors (Lipinski definition) is 1. The van der Waals surface area contributed by atoms with Crippen LogP contribution in [0.1, 0.15) is 12.5 Å². The molecule has 1 amide bonds. The van der Waals surface area contributed by atoms with Gasteiger partial charge in [-0.05, 0) is 31.5 Å². The molecule has 0 aliphatic carbocycles. The van der Waals surface area contributed by atoms with Crippen LogP contribution in [0.5, 0.6) is 0 Å². The first-order valence-corrected chi connectivity index (χ1v) is 6.93. The molecule has 0 fully saturated rings. The van der Waals surface area contributed by atoms with E-state index in [9.17, 15) is 9.18 Å². The molecule has 7 heteroatoms. The fraction of sp³-hybridized carbons (Fsp3) is 0.308. The highest BCUT2D eigenvalue weighted by Crippen LogP contribution is 2.22. The molecule has 0 aliphatic heterocycles. The van der Waals surface area contributed by atoms with Gasteiger partial charge in [0.2, 0.25) is 5.91 Å². The van der Waals surface area contributed by atoms with Gasteiger partial charge in [0, 0.05) is 12.7 Å². The van der Waals surface area contributed by atoms with E-state index in [1.807, 2.05) is 7.05 Å². The van der Waals surface area contributed by atoms with E-state index < -0.39 is 0 Å². The van der Waals surface area contributed by atoms with Crippen molar-refractivity contribution >= 4 is 23.4 Å². The average molecular weight is 294 g/mol. The topological polar surface area (TPSA) is 59.8 Å². The van der Waals surface area contributed by atoms with Crippen LogP contribution in [-0.4, -0.2) is 25.9 Å². The molecule has 1 N–H and O–H groups in total. The van der Waals surface area contributed by atoms with Gasteiger partial charge in [-0.2, -0.15) is 0 Å². The fourth-order valence-electron chi connectivity index (χ4n) is 1.51. The molecule has 1 aromatic carbocycles. The first-order valence-electron chi connectivity index (χ1n) is 6.05. The molecule has 106 valence electrons. The first-order chi connectivity index (χ1) is 9.47. The van der Waals surface area contributed by atoms with Crippen molar-refractivity contribution in [2.24, 2.45) is 7.05 Å². The molecular formula is C13H15FN4OS. The predicted molar refractivity (Wildman–Crippen MR) is 76.1 cm³/mol. The number of thioether (sulfide) groups is 1. The van der Waals surface area contributed by atoms with Gasteiger partial charge in [-0.1, -0.05) is 17.8 Å². The second-order valence-corrected chi connectivity index (χ2v) is 5.75. The SMILES string of the molecule is Cc1ccc(NC(=O)[C@H](C)Sc2nncn2C)cc1F. The lowest BCUT2D eigenvalue weighted by atomic mass is 10.2. The summed E-state index contributed by atoms with van der Waals surface area (Å²) in [6.07, 6.45) is 1.57. The van der Waals surface area contributed by atoms with Gasteiger partial charge in [0.25, 0.3) is 0 Å². The Morgan fingerprint density at radius 3 is 2.85 bits per heavy atom. The van der Waals surface area contributed by atoms with Crippen LogP contribution in [0.3, 0.4) is 0 Å². The van der Waals surface area contributed by atoms with Crippen LogP contribution >= 0.6 is 11.8 Å². The minimum atomic E-state index is -0.359. The number of nitrogens with zero attached hydrogens (tertiary/aromatic N) is 3. The van der Waals surface area contributed by atoms with Crippen molar-refractivity contribution < 1.29 is 9.18 Å². The van der Waals surface area contributed by atoms with Crippen molar-refractivity contribution in [2.75, 3.05) is 5.32 Å². The summed E-state index contributed by atoms with van der Waals surface area (Å²) in [7, 11) is 1.81. The number of halogens is 1. The average Bonchev–Trinajstić information content (AvgIpc) is 2.79. The molecule has 0 saturated heterocycles. The predicted octanol–water partition coefficient (Wildman–Crippen LogP) is 2.38. The summed E-state index contributed by atoms with van der Waals surface area (Å²) in [4.78, 5) is 12.0. The van der Waals surface area contributed by atoms with Crippen LogP contribution in [-0.2, 0) is 11.8 Å². The van der Waals surface area contributed by atoms with Crippen molar-refractivity contribution in [2.45, 2.75) is 24.3 Å². The summed E-state index contributed by atoms with van der Waals surface area (Å²) in [5.74, 6) is -0.544. The Balaban J connectivity index is 2.00. The maximum absolute atomic E-state index is 13.4. The van der Waals surface area contributed by atoms with Gasteiger partial charge in [-0.3, -0.25) is 4.79 Å². The standard InChI is InChI=1S/C13H15FN4OS/c1-8-4-5-10(6-11(8)14)16-12(19)9(2)20-13-17-15-7-18(13)3/h4-7,9H,1-3H3,(H,16,19)/t9-/m0/s1. The van der Waals surface area contributed by atoms with Gasteiger partial charge in [0.05, 0.1) is 5.25 Å². The molecule has 1 aromatic heterocycles. The normalized spacial score (nSPS) is 12.2. The molecule has 0 spiro atoms. The quantitative estimate of drug-likeness (QED) is 0.880. The van der Waals surface area contributed by atoms with Crippen LogP contribution in [0.15, 0.2) is 29.7 Å². The van der Waals surface area contributed by atoms with Gasteiger partial charge in [-0.15, -0.1) is 10.2 Å². The number of hydrogen-bond acceptors (Lipinski definition) is 4. The fourth-order valence-corrected chi connectivity index (χ4v) is 2.30. The zero-order valence-electron chi connectivity index (χ0n) is 11.4. The number of amides is 1. The summed E-state index contributed by atoms with van der Waals surface area (Å²) in [6.45, 7) is 3.44. The van der Waals surface area contributed by atoms with Crippen molar-refractivity contribution in [1.82, 2.24) is 14.8 Å². The summed E-state index contributed by atoms with van der Waals surface area (Å²) in [6, 6.07) is 4.62. The van der Waals surface area contributed by atoms with Gasteiger partial charge in [-0.25, -0.2) is 4.39 Å². The Labute approximate surface area is 120 Å². The number of carbonyl (C=O) groups is 1. The molecule has 5 nitrogen and oxygen atoms in total. The molecule has 0 radical (unpaired) electrons. The van der Waals surface area contributed by atoms with E-state index in [2.05, 4.69) is 15.5 Å². The number of nitrogens with one attached hydrogen (secondary N) is 1. The molecule has 20 heavy (non-hydrogen) atoms. The van der Waals surface area contributed by atoms with Crippen molar-refractivity contribution in [3.05, 3.63) is 35.9 Å². The van der Waals surface area contributed by atoms with E-state index in [4.69, 9.17) is 0 Å². The lowest BCUT2D eigenvalue weighted by molar-refractivity contribution is -0.115. The van der Waals surface area contributed by atoms with E-state index in [0.717, 1.165) is 0 Å². The zero-order chi connectivity index (χ0) is 14.7. The smallest absolute Gasteiger partial charge is 0.237 e. The summed E-state index contributed by atoms with van der Waals surface area (Å²) in [5, 5.41) is 10.6. The number of anilines is 1. The largest absolute Gasteiger partial charge is 0.325 e. The molecule has 2 aromatic rings. The third-order valence-electron chi connectivity index (χ3n) is 2.76. The van der Waals surface area contributed by atoms with Crippen molar-refractivity contribution in [1.29, 1.82) is 0 Å². The first kappa shape index (κ1) is 14.5. The Kier molecular flexibility index (Phi) is 4.39. The van der Waals surface area contributed by atoms with Crippen molar-refractivity contribution in [3.8, 4) is 0 Å². The third-order valence-corrected chi connectivity index (χ3v) is 3.91. The van der Waals surface area contributed by atoms with E-state index in [1.165, 1.54) is 17.8 Å². The Morgan fingerprint density at radius 1 is 1.50 bits per heavy atom. The zero-order valence-corrected chi connectivity index (χ0v) is 12.2. The van der Waals surface area contributed by atoms with E-state index >= 15 is 0 Å². The molecular weight excluding hydrogens is 279 g/mol. The summed E-state index contributed by atoms with van der Waals surface area (Å²) < 4.78 is 15.1. The Hall–Kier alpha value is -1.89. The molecule has 1 heterocycles. The number of aromatic nitrogens is 3. The number of benzene rings is 1. The van der Waals surface area contributed by atoms with Crippen LogP contribution in [0.2, 0.25) is 0 Å². The molecule has 0 bridgehead atoms. The number of aryl methyl sites for hydroxylation is 2. The number of carbonyl (C=O) groups excluding carboxylic acids is 1. The van der Waals surface area contributed by atoms with Crippen LogP contribution < -0.4 is 5.32 Å². The van der Waals surface area contributed by atoms with Crippen LogP contribution in [0.25, 0.3) is 0 Å². The lowest BCUT2D eigenvalue weighted by Gasteiger charge is -2.11. The summed E-state index contributed by atoms with van der Waals surface area (Å²) in [5.41, 5.74) is 0.994. The Morgan fingerprint density at radius 2 is 2.25 bits per heavy atom. The minimum absolute atomic E-state index is 0.207. The second kappa shape index (κ2) is 6.04. The third kappa shape index (κ3) is 3.36. The highest BCUT2D eigenvalue weighted by atomic mass is 32.2. The second-order valence-electron chi connectivity index (χ2n) is 4.44. The van der Waals surface area contributed by atoms with Crippen LogP contribution in [0, 0.1) is 12.7 Å².